The van der Waals surface area contributed by atoms with Crippen molar-refractivity contribution < 1.29 is 46.4 Å². The molecule has 1 radical (unpaired) electrons. The van der Waals surface area contributed by atoms with Gasteiger partial charge >= 0.3 is 0 Å². The van der Waals surface area contributed by atoms with Crippen LogP contribution in [0.15, 0.2) is 12.1 Å². The van der Waals surface area contributed by atoms with Gasteiger partial charge in [0.1, 0.15) is 5.82 Å². The number of quaternary nitrogens is 1. The smallest absolute Gasteiger partial charge is 0.285 e. The summed E-state index contributed by atoms with van der Waals surface area (Å²) < 4.78 is 14.6. The Labute approximate surface area is 182 Å². The SMILES string of the molecule is CC[N+]1(C2CCCN(c3c(C)cc(F)cc3C)C2=O)CCCCCC1.[Y]. The summed E-state index contributed by atoms with van der Waals surface area (Å²) in [6.07, 6.45) is 7.06. The van der Waals surface area contributed by atoms with Gasteiger partial charge in [-0.15, -0.1) is 0 Å². The molecule has 0 spiro atoms. The zero-order valence-corrected chi connectivity index (χ0v) is 19.4. The summed E-state index contributed by atoms with van der Waals surface area (Å²) in [6, 6.07) is 3.17. The van der Waals surface area contributed by atoms with Crippen LogP contribution in [-0.4, -0.2) is 42.6 Å². The van der Waals surface area contributed by atoms with E-state index in [4.69, 9.17) is 0 Å². The number of aryl methyl sites for hydroxylation is 2. The van der Waals surface area contributed by atoms with Crippen LogP contribution in [-0.2, 0) is 37.5 Å². The first kappa shape index (κ1) is 22.0. The summed E-state index contributed by atoms with van der Waals surface area (Å²) in [5.41, 5.74) is 2.66. The van der Waals surface area contributed by atoms with Gasteiger partial charge in [-0.2, -0.15) is 0 Å². The second kappa shape index (κ2) is 9.25. The molecule has 2 aliphatic heterocycles. The van der Waals surface area contributed by atoms with Gasteiger partial charge in [0.05, 0.1) is 19.6 Å². The minimum atomic E-state index is -0.218. The third kappa shape index (κ3) is 4.23. The minimum absolute atomic E-state index is 0. The number of amides is 1. The second-order valence-corrected chi connectivity index (χ2v) is 7.93. The van der Waals surface area contributed by atoms with E-state index in [1.54, 1.807) is 12.1 Å². The summed E-state index contributed by atoms with van der Waals surface area (Å²) in [5.74, 6) is 0.0390. The number of likely N-dealkylation sites (N-methyl/N-ethyl adjacent to an activating group) is 1. The molecule has 26 heavy (non-hydrogen) atoms. The van der Waals surface area contributed by atoms with Crippen LogP contribution >= 0.6 is 0 Å². The van der Waals surface area contributed by atoms with E-state index in [1.165, 1.54) is 25.7 Å². The number of hydrogen-bond donors (Lipinski definition) is 0. The van der Waals surface area contributed by atoms with E-state index in [-0.39, 0.29) is 50.5 Å². The number of piperidine rings is 1. The van der Waals surface area contributed by atoms with Crippen LogP contribution in [0.1, 0.15) is 56.6 Å². The number of rotatable bonds is 3. The molecule has 1 aromatic rings. The maximum absolute atomic E-state index is 13.7. The molecule has 5 heteroatoms. The van der Waals surface area contributed by atoms with Crippen molar-refractivity contribution in [1.29, 1.82) is 0 Å². The Morgan fingerprint density at radius 3 is 2.19 bits per heavy atom. The van der Waals surface area contributed by atoms with E-state index < -0.39 is 0 Å². The Morgan fingerprint density at radius 2 is 1.65 bits per heavy atom. The van der Waals surface area contributed by atoms with Gasteiger partial charge < -0.3 is 9.38 Å². The van der Waals surface area contributed by atoms with Crippen molar-refractivity contribution in [3.63, 3.8) is 0 Å². The van der Waals surface area contributed by atoms with Crippen molar-refractivity contribution in [2.75, 3.05) is 31.1 Å². The molecule has 1 unspecified atom stereocenters. The van der Waals surface area contributed by atoms with E-state index in [9.17, 15) is 9.18 Å². The fraction of sp³-hybridized carbons (Fsp3) is 0.667. The van der Waals surface area contributed by atoms with Crippen LogP contribution < -0.4 is 4.90 Å². The van der Waals surface area contributed by atoms with Crippen LogP contribution in [0.3, 0.4) is 0 Å². The molecule has 0 N–H and O–H groups in total. The van der Waals surface area contributed by atoms with Crippen LogP contribution in [0.2, 0.25) is 0 Å². The molecule has 2 heterocycles. The van der Waals surface area contributed by atoms with Crippen molar-refractivity contribution in [2.45, 2.75) is 65.3 Å². The Morgan fingerprint density at radius 1 is 1.08 bits per heavy atom. The summed E-state index contributed by atoms with van der Waals surface area (Å²) in [7, 11) is 0. The average molecular weight is 436 g/mol. The predicted molar refractivity (Wildman–Crippen MR) is 100 cm³/mol. The molecule has 3 nitrogen and oxygen atoms in total. The van der Waals surface area contributed by atoms with Gasteiger partial charge in [-0.1, -0.05) is 0 Å². The third-order valence-corrected chi connectivity index (χ3v) is 6.38. The maximum atomic E-state index is 13.7. The topological polar surface area (TPSA) is 20.3 Å². The zero-order valence-electron chi connectivity index (χ0n) is 16.6. The van der Waals surface area contributed by atoms with Gasteiger partial charge in [-0.05, 0) is 76.1 Å². The molecule has 0 bridgehead atoms. The predicted octanol–water partition coefficient (Wildman–Crippen LogP) is 4.35. The Balaban J connectivity index is 0.00000243. The van der Waals surface area contributed by atoms with Crippen molar-refractivity contribution >= 4 is 11.6 Å². The molecule has 1 aromatic carbocycles. The largest absolute Gasteiger partial charge is 0.314 e. The fourth-order valence-electron chi connectivity index (χ4n) is 5.08. The summed E-state index contributed by atoms with van der Waals surface area (Å²) >= 11 is 0. The molecular formula is C21H32FN2OY+. The first-order valence-corrected chi connectivity index (χ1v) is 9.92. The van der Waals surface area contributed by atoms with E-state index in [1.807, 2.05) is 18.7 Å². The van der Waals surface area contributed by atoms with E-state index in [0.717, 1.165) is 60.3 Å². The van der Waals surface area contributed by atoms with E-state index in [0.29, 0.717) is 0 Å². The van der Waals surface area contributed by atoms with Crippen molar-refractivity contribution in [3.8, 4) is 0 Å². The number of halogens is 1. The van der Waals surface area contributed by atoms with Crippen LogP contribution in [0, 0.1) is 19.7 Å². The van der Waals surface area contributed by atoms with E-state index >= 15 is 0 Å². The normalized spacial score (nSPS) is 23.3. The molecule has 0 aromatic heterocycles. The summed E-state index contributed by atoms with van der Waals surface area (Å²) in [5, 5.41) is 0. The van der Waals surface area contributed by atoms with Crippen molar-refractivity contribution in [2.24, 2.45) is 0 Å². The maximum Gasteiger partial charge on any atom is 0.285 e. The number of anilines is 1. The Kier molecular flexibility index (Phi) is 7.82. The molecule has 141 valence electrons. The number of likely N-dealkylation sites (tertiary alicyclic amines) is 1. The molecule has 2 fully saturated rings. The number of nitrogens with zero attached hydrogens (tertiary/aromatic N) is 2. The van der Waals surface area contributed by atoms with Crippen molar-refractivity contribution in [3.05, 3.63) is 29.1 Å². The molecule has 1 atom stereocenters. The Bertz CT molecular complexity index is 618. The van der Waals surface area contributed by atoms with Crippen LogP contribution in [0.4, 0.5) is 10.1 Å². The van der Waals surface area contributed by atoms with Crippen LogP contribution in [0.25, 0.3) is 0 Å². The van der Waals surface area contributed by atoms with Gasteiger partial charge in [0.2, 0.25) is 0 Å². The first-order valence-electron chi connectivity index (χ1n) is 9.92. The third-order valence-electron chi connectivity index (χ3n) is 6.38. The number of carbonyl (C=O) groups excluding carboxylic acids is 1. The summed E-state index contributed by atoms with van der Waals surface area (Å²) in [6.45, 7) is 10.1. The van der Waals surface area contributed by atoms with Gasteiger partial charge in [0.15, 0.2) is 6.04 Å². The van der Waals surface area contributed by atoms with Gasteiger partial charge in [0, 0.05) is 51.4 Å². The number of hydrogen-bond acceptors (Lipinski definition) is 1. The molecule has 1 amide bonds. The van der Waals surface area contributed by atoms with Crippen molar-refractivity contribution in [1.82, 2.24) is 0 Å². The molecule has 0 saturated carbocycles. The number of carbonyl (C=O) groups is 1. The molecule has 3 rings (SSSR count). The van der Waals surface area contributed by atoms with Crippen LogP contribution in [0.5, 0.6) is 0 Å². The van der Waals surface area contributed by atoms with Gasteiger partial charge in [-0.25, -0.2) is 4.39 Å². The first-order chi connectivity index (χ1) is 12.0. The number of benzene rings is 1. The average Bonchev–Trinajstić information content (AvgIpc) is 2.82. The zero-order chi connectivity index (χ0) is 18.0. The molecular weight excluding hydrogens is 404 g/mol. The fourth-order valence-corrected chi connectivity index (χ4v) is 5.08. The summed E-state index contributed by atoms with van der Waals surface area (Å²) in [4.78, 5) is 15.5. The molecule has 2 saturated heterocycles. The minimum Gasteiger partial charge on any atom is -0.314 e. The molecule has 2 aliphatic rings. The quantitative estimate of drug-likeness (QED) is 0.646. The monoisotopic (exact) mass is 436 g/mol. The van der Waals surface area contributed by atoms with Gasteiger partial charge in [0.25, 0.3) is 5.91 Å². The second-order valence-electron chi connectivity index (χ2n) is 7.93. The Hall–Kier alpha value is -0.316. The molecule has 0 aliphatic carbocycles. The van der Waals surface area contributed by atoms with E-state index in [2.05, 4.69) is 6.92 Å². The van der Waals surface area contributed by atoms with Gasteiger partial charge in [-0.3, -0.25) is 4.79 Å². The standard InChI is InChI=1S/C21H32FN2O.Y/c1-4-24(12-7-5-6-8-13-24)19-10-9-11-23(21(19)25)20-16(2)14-18(22)15-17(20)3;/h14-15,19H,4-13H2,1-3H3;/q+1;.